The van der Waals surface area contributed by atoms with E-state index in [1.807, 2.05) is 0 Å². The van der Waals surface area contributed by atoms with Gasteiger partial charge in [-0.1, -0.05) is 23.2 Å². The predicted octanol–water partition coefficient (Wildman–Crippen LogP) is 3.35. The number of nitrogens with one attached hydrogen (secondary N) is 1. The van der Waals surface area contributed by atoms with Gasteiger partial charge in [-0.25, -0.2) is 4.98 Å². The zero-order valence-corrected chi connectivity index (χ0v) is 10.5. The maximum Gasteiger partial charge on any atom is 0.257 e. The first-order chi connectivity index (χ1) is 8.58. The number of benzene rings is 1. The number of halogens is 2. The molecule has 1 heterocycles. The van der Waals surface area contributed by atoms with Gasteiger partial charge in [0.15, 0.2) is 5.15 Å². The van der Waals surface area contributed by atoms with Gasteiger partial charge >= 0.3 is 0 Å². The third-order valence-corrected chi connectivity index (χ3v) is 2.83. The summed E-state index contributed by atoms with van der Waals surface area (Å²) in [6.07, 6.45) is 1.51. The molecule has 1 aromatic carbocycles. The molecule has 1 amide bonds. The summed E-state index contributed by atoms with van der Waals surface area (Å²) < 4.78 is 0. The lowest BCUT2D eigenvalue weighted by atomic mass is 10.2. The zero-order chi connectivity index (χ0) is 13.1. The van der Waals surface area contributed by atoms with Gasteiger partial charge in [-0.2, -0.15) is 0 Å². The van der Waals surface area contributed by atoms with Crippen LogP contribution >= 0.6 is 23.2 Å². The van der Waals surface area contributed by atoms with Crippen LogP contribution in [0.2, 0.25) is 10.2 Å². The fourth-order valence-electron chi connectivity index (χ4n) is 1.36. The summed E-state index contributed by atoms with van der Waals surface area (Å²) >= 11 is 11.7. The standard InChI is InChI=1S/C12H8Cl2N2O2/c13-9-4-3-7(17)6-8(9)12(18)16-10-2-1-5-15-11(10)14/h1-6,17H,(H,16,18). The van der Waals surface area contributed by atoms with Gasteiger partial charge in [-0.05, 0) is 30.3 Å². The molecule has 0 atom stereocenters. The van der Waals surface area contributed by atoms with Crippen molar-refractivity contribution in [2.45, 2.75) is 0 Å². The van der Waals surface area contributed by atoms with Gasteiger partial charge < -0.3 is 10.4 Å². The molecule has 18 heavy (non-hydrogen) atoms. The molecule has 0 aliphatic rings. The summed E-state index contributed by atoms with van der Waals surface area (Å²) in [5.74, 6) is -0.507. The Morgan fingerprint density at radius 1 is 1.28 bits per heavy atom. The minimum atomic E-state index is -0.467. The smallest absolute Gasteiger partial charge is 0.257 e. The summed E-state index contributed by atoms with van der Waals surface area (Å²) in [6, 6.07) is 7.38. The molecule has 92 valence electrons. The number of pyridine rings is 1. The highest BCUT2D eigenvalue weighted by Crippen LogP contribution is 2.24. The molecule has 6 heteroatoms. The highest BCUT2D eigenvalue weighted by molar-refractivity contribution is 6.35. The van der Waals surface area contributed by atoms with E-state index in [1.54, 1.807) is 12.1 Å². The van der Waals surface area contributed by atoms with Crippen LogP contribution in [0.25, 0.3) is 0 Å². The van der Waals surface area contributed by atoms with E-state index in [4.69, 9.17) is 23.2 Å². The van der Waals surface area contributed by atoms with Gasteiger partial charge in [-0.3, -0.25) is 4.79 Å². The summed E-state index contributed by atoms with van der Waals surface area (Å²) in [5.41, 5.74) is 0.542. The van der Waals surface area contributed by atoms with E-state index in [0.717, 1.165) is 0 Å². The highest BCUT2D eigenvalue weighted by atomic mass is 35.5. The number of amides is 1. The molecule has 0 saturated carbocycles. The maximum absolute atomic E-state index is 11.9. The largest absolute Gasteiger partial charge is 0.508 e. The Kier molecular flexibility index (Phi) is 3.69. The van der Waals surface area contributed by atoms with Gasteiger partial charge in [-0.15, -0.1) is 0 Å². The van der Waals surface area contributed by atoms with Gasteiger partial charge in [0.2, 0.25) is 0 Å². The molecule has 0 fully saturated rings. The van der Waals surface area contributed by atoms with Crippen LogP contribution in [0.4, 0.5) is 5.69 Å². The van der Waals surface area contributed by atoms with E-state index in [-0.39, 0.29) is 21.5 Å². The van der Waals surface area contributed by atoms with Crippen molar-refractivity contribution >= 4 is 34.8 Å². The third-order valence-electron chi connectivity index (χ3n) is 2.20. The minimum absolute atomic E-state index is 0.0400. The molecule has 0 spiro atoms. The molecule has 2 aromatic rings. The Balaban J connectivity index is 2.28. The van der Waals surface area contributed by atoms with Crippen molar-refractivity contribution in [2.24, 2.45) is 0 Å². The number of hydrogen-bond donors (Lipinski definition) is 2. The first-order valence-electron chi connectivity index (χ1n) is 4.98. The van der Waals surface area contributed by atoms with Crippen molar-refractivity contribution in [3.63, 3.8) is 0 Å². The van der Waals surface area contributed by atoms with Crippen molar-refractivity contribution in [3.8, 4) is 5.75 Å². The molecule has 2 rings (SSSR count). The number of carbonyl (C=O) groups is 1. The quantitative estimate of drug-likeness (QED) is 0.831. The van der Waals surface area contributed by atoms with E-state index in [9.17, 15) is 9.90 Å². The van der Waals surface area contributed by atoms with Crippen LogP contribution in [-0.4, -0.2) is 16.0 Å². The second kappa shape index (κ2) is 5.25. The number of phenolic OH excluding ortho intramolecular Hbond substituents is 1. The molecular weight excluding hydrogens is 275 g/mol. The Morgan fingerprint density at radius 2 is 2.06 bits per heavy atom. The molecule has 0 saturated heterocycles. The second-order valence-corrected chi connectivity index (χ2v) is 4.23. The number of phenols is 1. The highest BCUT2D eigenvalue weighted by Gasteiger charge is 2.13. The van der Waals surface area contributed by atoms with Crippen molar-refractivity contribution in [3.05, 3.63) is 52.3 Å². The van der Waals surface area contributed by atoms with E-state index < -0.39 is 5.91 Å². The van der Waals surface area contributed by atoms with Gasteiger partial charge in [0.25, 0.3) is 5.91 Å². The fraction of sp³-hybridized carbons (Fsp3) is 0. The summed E-state index contributed by atoms with van der Waals surface area (Å²) in [6.45, 7) is 0. The fourth-order valence-corrected chi connectivity index (χ4v) is 1.73. The van der Waals surface area contributed by atoms with Crippen molar-refractivity contribution in [1.82, 2.24) is 4.98 Å². The molecule has 0 aliphatic heterocycles. The predicted molar refractivity (Wildman–Crippen MR) is 70.3 cm³/mol. The number of rotatable bonds is 2. The van der Waals surface area contributed by atoms with Crippen molar-refractivity contribution in [2.75, 3.05) is 5.32 Å². The molecule has 0 bridgehead atoms. The van der Waals surface area contributed by atoms with Crippen LogP contribution < -0.4 is 5.32 Å². The van der Waals surface area contributed by atoms with Gasteiger partial charge in [0.05, 0.1) is 16.3 Å². The summed E-state index contributed by atoms with van der Waals surface area (Å²) in [5, 5.41) is 12.3. The zero-order valence-electron chi connectivity index (χ0n) is 9.02. The monoisotopic (exact) mass is 282 g/mol. The Hall–Kier alpha value is -1.78. The molecule has 0 unspecified atom stereocenters. The number of hydrogen-bond acceptors (Lipinski definition) is 3. The van der Waals surface area contributed by atoms with Crippen molar-refractivity contribution < 1.29 is 9.90 Å². The summed E-state index contributed by atoms with van der Waals surface area (Å²) in [4.78, 5) is 15.8. The summed E-state index contributed by atoms with van der Waals surface area (Å²) in [7, 11) is 0. The van der Waals surface area contributed by atoms with Gasteiger partial charge in [0, 0.05) is 6.20 Å². The van der Waals surface area contributed by atoms with E-state index in [1.165, 1.54) is 24.4 Å². The van der Waals surface area contributed by atoms with Crippen LogP contribution in [0, 0.1) is 0 Å². The average molecular weight is 283 g/mol. The van der Waals surface area contributed by atoms with E-state index >= 15 is 0 Å². The SMILES string of the molecule is O=C(Nc1cccnc1Cl)c1cc(O)ccc1Cl. The Morgan fingerprint density at radius 3 is 2.78 bits per heavy atom. The van der Waals surface area contributed by atoms with E-state index in [0.29, 0.717) is 5.69 Å². The lowest BCUT2D eigenvalue weighted by Gasteiger charge is -2.07. The number of nitrogens with zero attached hydrogens (tertiary/aromatic N) is 1. The van der Waals surface area contributed by atoms with Gasteiger partial charge in [0.1, 0.15) is 5.75 Å². The first kappa shape index (κ1) is 12.7. The second-order valence-electron chi connectivity index (χ2n) is 3.46. The van der Waals surface area contributed by atoms with Crippen LogP contribution in [0.5, 0.6) is 5.75 Å². The molecular formula is C12H8Cl2N2O2. The number of aromatic nitrogens is 1. The first-order valence-corrected chi connectivity index (χ1v) is 5.74. The van der Waals surface area contributed by atoms with Crippen LogP contribution in [-0.2, 0) is 0 Å². The normalized spacial score (nSPS) is 10.1. The lowest BCUT2D eigenvalue weighted by molar-refractivity contribution is 0.102. The number of anilines is 1. The van der Waals surface area contributed by atoms with Crippen LogP contribution in [0.15, 0.2) is 36.5 Å². The van der Waals surface area contributed by atoms with E-state index in [2.05, 4.69) is 10.3 Å². The van der Waals surface area contributed by atoms with Crippen molar-refractivity contribution in [1.29, 1.82) is 0 Å². The van der Waals surface area contributed by atoms with Crippen LogP contribution in [0.1, 0.15) is 10.4 Å². The Bertz CT molecular complexity index is 602. The average Bonchev–Trinajstić information content (AvgIpc) is 2.35. The topological polar surface area (TPSA) is 62.2 Å². The number of carbonyl (C=O) groups excluding carboxylic acids is 1. The Labute approximate surface area is 113 Å². The molecule has 1 aromatic heterocycles. The third kappa shape index (κ3) is 2.72. The molecule has 0 aliphatic carbocycles. The lowest BCUT2D eigenvalue weighted by Crippen LogP contribution is -2.13. The molecule has 0 radical (unpaired) electrons. The molecule has 4 nitrogen and oxygen atoms in total. The van der Waals surface area contributed by atoms with Crippen LogP contribution in [0.3, 0.4) is 0 Å². The minimum Gasteiger partial charge on any atom is -0.508 e. The molecule has 2 N–H and O–H groups in total. The maximum atomic E-state index is 11.9. The number of aromatic hydroxyl groups is 1.